The maximum atomic E-state index is 4.78. The second kappa shape index (κ2) is 8.29. The van der Waals surface area contributed by atoms with Crippen molar-refractivity contribution in [2.45, 2.75) is 0 Å². The molecule has 4 aromatic heterocycles. The molecule has 0 aliphatic carbocycles. The van der Waals surface area contributed by atoms with Crippen LogP contribution in [0.1, 0.15) is 0 Å². The first-order valence-electron chi connectivity index (χ1n) is 11.7. The van der Waals surface area contributed by atoms with Crippen molar-refractivity contribution in [1.29, 1.82) is 0 Å². The third-order valence-corrected chi connectivity index (χ3v) is 6.43. The summed E-state index contributed by atoms with van der Waals surface area (Å²) < 4.78 is 0. The first-order valence-corrected chi connectivity index (χ1v) is 11.7. The standard InChI is InChI=1S/C30H20N6/c1-2-9-19(10-3-1)21-18-24-27(29(36-35-24)25-17-20-11-4-5-12-22(20)34-25)28(30-32-15-8-16-33-30)26(21)23-13-6-7-14-31-23/h1-18,34H,(H,35,36). The molecule has 0 aliphatic rings. The van der Waals surface area contributed by atoms with E-state index in [-0.39, 0.29) is 0 Å². The lowest BCUT2D eigenvalue weighted by molar-refractivity contribution is 1.12. The van der Waals surface area contributed by atoms with Crippen LogP contribution < -0.4 is 0 Å². The molecule has 7 rings (SSSR count). The van der Waals surface area contributed by atoms with Gasteiger partial charge in [0.1, 0.15) is 5.69 Å². The Bertz CT molecular complexity index is 1790. The number of rotatable bonds is 4. The smallest absolute Gasteiger partial charge is 0.160 e. The van der Waals surface area contributed by atoms with Crippen LogP contribution in [0.25, 0.3) is 67.0 Å². The molecule has 6 nitrogen and oxygen atoms in total. The van der Waals surface area contributed by atoms with Crippen molar-refractivity contribution in [3.63, 3.8) is 0 Å². The number of aromatic nitrogens is 6. The number of hydrogen-bond acceptors (Lipinski definition) is 4. The minimum atomic E-state index is 0.625. The van der Waals surface area contributed by atoms with Gasteiger partial charge in [-0.25, -0.2) is 9.97 Å². The first kappa shape index (κ1) is 20.3. The minimum absolute atomic E-state index is 0.625. The summed E-state index contributed by atoms with van der Waals surface area (Å²) in [6.07, 6.45) is 5.36. The fraction of sp³-hybridized carbons (Fsp3) is 0. The van der Waals surface area contributed by atoms with E-state index >= 15 is 0 Å². The molecule has 7 aromatic rings. The van der Waals surface area contributed by atoms with Gasteiger partial charge in [-0.2, -0.15) is 5.10 Å². The molecule has 0 amide bonds. The third-order valence-electron chi connectivity index (χ3n) is 6.43. The summed E-state index contributed by atoms with van der Waals surface area (Å²) in [5, 5.41) is 10.2. The van der Waals surface area contributed by atoms with Gasteiger partial charge in [0.05, 0.1) is 16.9 Å². The summed E-state index contributed by atoms with van der Waals surface area (Å²) in [5.74, 6) is 0.625. The molecular weight excluding hydrogens is 444 g/mol. The van der Waals surface area contributed by atoms with Gasteiger partial charge in [0, 0.05) is 46.0 Å². The van der Waals surface area contributed by atoms with Gasteiger partial charge >= 0.3 is 0 Å². The minimum Gasteiger partial charge on any atom is -0.353 e. The van der Waals surface area contributed by atoms with Crippen LogP contribution in [0.2, 0.25) is 0 Å². The Balaban J connectivity index is 1.64. The number of para-hydroxylation sites is 1. The molecule has 0 saturated heterocycles. The summed E-state index contributed by atoms with van der Waals surface area (Å²) in [6.45, 7) is 0. The maximum absolute atomic E-state index is 4.78. The van der Waals surface area contributed by atoms with Crippen molar-refractivity contribution in [3.05, 3.63) is 110 Å². The van der Waals surface area contributed by atoms with Gasteiger partial charge in [-0.05, 0) is 47.5 Å². The molecule has 0 atom stereocenters. The largest absolute Gasteiger partial charge is 0.353 e. The van der Waals surface area contributed by atoms with Crippen molar-refractivity contribution in [1.82, 2.24) is 30.1 Å². The van der Waals surface area contributed by atoms with Crippen LogP contribution in [0.3, 0.4) is 0 Å². The highest BCUT2D eigenvalue weighted by atomic mass is 15.1. The molecule has 3 aromatic carbocycles. The summed E-state index contributed by atoms with van der Waals surface area (Å²) >= 11 is 0. The SMILES string of the molecule is c1ccc(-c2cc3[nH]nc(-c4cc5ccccc5[nH]4)c3c(-c3ncccn3)c2-c2ccccn2)cc1. The van der Waals surface area contributed by atoms with Crippen LogP contribution in [-0.4, -0.2) is 30.1 Å². The zero-order valence-corrected chi connectivity index (χ0v) is 19.2. The molecule has 0 unspecified atom stereocenters. The van der Waals surface area contributed by atoms with Gasteiger partial charge < -0.3 is 4.98 Å². The van der Waals surface area contributed by atoms with Crippen molar-refractivity contribution in [3.8, 4) is 45.2 Å². The number of benzene rings is 3. The van der Waals surface area contributed by atoms with Crippen LogP contribution in [0, 0.1) is 0 Å². The molecule has 6 heteroatoms. The number of pyridine rings is 1. The number of nitrogens with one attached hydrogen (secondary N) is 2. The van der Waals surface area contributed by atoms with E-state index < -0.39 is 0 Å². The fourth-order valence-corrected chi connectivity index (χ4v) is 4.86. The number of fused-ring (bicyclic) bond motifs is 2. The number of nitrogens with zero attached hydrogens (tertiary/aromatic N) is 4. The average molecular weight is 465 g/mol. The van der Waals surface area contributed by atoms with Crippen molar-refractivity contribution in [2.24, 2.45) is 0 Å². The van der Waals surface area contributed by atoms with Crippen molar-refractivity contribution < 1.29 is 0 Å². The maximum Gasteiger partial charge on any atom is 0.160 e. The molecule has 4 heterocycles. The van der Waals surface area contributed by atoms with Gasteiger partial charge in [0.15, 0.2) is 5.82 Å². The Labute approximate surface area is 206 Å². The van der Waals surface area contributed by atoms with E-state index in [0.29, 0.717) is 5.82 Å². The van der Waals surface area contributed by atoms with Crippen LogP contribution in [0.15, 0.2) is 110 Å². The molecule has 0 saturated carbocycles. The monoisotopic (exact) mass is 464 g/mol. The van der Waals surface area contributed by atoms with E-state index in [0.717, 1.165) is 61.1 Å². The predicted octanol–water partition coefficient (Wildman–Crippen LogP) is 6.90. The Morgan fingerprint density at radius 1 is 0.611 bits per heavy atom. The van der Waals surface area contributed by atoms with E-state index in [1.807, 2.05) is 60.8 Å². The second-order valence-corrected chi connectivity index (χ2v) is 8.59. The highest BCUT2D eigenvalue weighted by Crippen LogP contribution is 2.45. The Kier molecular flexibility index (Phi) is 4.67. The van der Waals surface area contributed by atoms with E-state index in [1.54, 1.807) is 12.4 Å². The van der Waals surface area contributed by atoms with Gasteiger partial charge in [-0.15, -0.1) is 0 Å². The summed E-state index contributed by atoms with van der Waals surface area (Å²) in [4.78, 5) is 17.7. The van der Waals surface area contributed by atoms with Crippen LogP contribution in [0.5, 0.6) is 0 Å². The van der Waals surface area contributed by atoms with Crippen molar-refractivity contribution in [2.75, 3.05) is 0 Å². The molecule has 2 N–H and O–H groups in total. The van der Waals surface area contributed by atoms with E-state index in [1.165, 1.54) is 0 Å². The summed E-state index contributed by atoms with van der Waals surface area (Å²) in [5.41, 5.74) is 8.56. The molecule has 0 bridgehead atoms. The van der Waals surface area contributed by atoms with Crippen molar-refractivity contribution >= 4 is 21.8 Å². The predicted molar refractivity (Wildman–Crippen MR) is 143 cm³/mol. The third kappa shape index (κ3) is 3.27. The quantitative estimate of drug-likeness (QED) is 0.297. The average Bonchev–Trinajstić information content (AvgIpc) is 3.57. The van der Waals surface area contributed by atoms with Gasteiger partial charge in [-0.3, -0.25) is 10.1 Å². The molecule has 0 radical (unpaired) electrons. The van der Waals surface area contributed by atoms with E-state index in [4.69, 9.17) is 10.1 Å². The molecule has 0 fully saturated rings. The topological polar surface area (TPSA) is 83.1 Å². The highest BCUT2D eigenvalue weighted by Gasteiger charge is 2.25. The normalized spacial score (nSPS) is 11.3. The molecular formula is C30H20N6. The molecule has 0 spiro atoms. The van der Waals surface area contributed by atoms with Crippen LogP contribution in [-0.2, 0) is 0 Å². The number of aromatic amines is 2. The summed E-state index contributed by atoms with van der Waals surface area (Å²) in [6, 6.07) is 30.6. The van der Waals surface area contributed by atoms with Crippen LogP contribution >= 0.6 is 0 Å². The lowest BCUT2D eigenvalue weighted by atomic mass is 9.89. The molecule has 0 aliphatic heterocycles. The Morgan fingerprint density at radius 3 is 2.19 bits per heavy atom. The number of H-pyrrole nitrogens is 2. The van der Waals surface area contributed by atoms with Gasteiger partial charge in [-0.1, -0.05) is 54.6 Å². The lowest BCUT2D eigenvalue weighted by Gasteiger charge is -2.16. The molecule has 170 valence electrons. The number of hydrogen-bond donors (Lipinski definition) is 2. The zero-order chi connectivity index (χ0) is 23.9. The second-order valence-electron chi connectivity index (χ2n) is 8.59. The highest BCUT2D eigenvalue weighted by molar-refractivity contribution is 6.12. The summed E-state index contributed by atoms with van der Waals surface area (Å²) in [7, 11) is 0. The Hall–Kier alpha value is -5.10. The van der Waals surface area contributed by atoms with Gasteiger partial charge in [0.2, 0.25) is 0 Å². The van der Waals surface area contributed by atoms with E-state index in [2.05, 4.69) is 56.4 Å². The van der Waals surface area contributed by atoms with E-state index in [9.17, 15) is 0 Å². The van der Waals surface area contributed by atoms with Gasteiger partial charge in [0.25, 0.3) is 0 Å². The molecule has 36 heavy (non-hydrogen) atoms. The lowest BCUT2D eigenvalue weighted by Crippen LogP contribution is -1.97. The Morgan fingerprint density at radius 2 is 1.39 bits per heavy atom. The van der Waals surface area contributed by atoms with Crippen LogP contribution in [0.4, 0.5) is 0 Å². The zero-order valence-electron chi connectivity index (χ0n) is 19.2. The fourth-order valence-electron chi connectivity index (χ4n) is 4.86. The first-order chi connectivity index (χ1) is 17.9.